The number of amides is 1. The molecule has 1 amide bonds. The second-order valence-corrected chi connectivity index (χ2v) is 6.64. The van der Waals surface area contributed by atoms with Gasteiger partial charge in [0.05, 0.1) is 0 Å². The number of rotatable bonds is 8. The zero-order valence-corrected chi connectivity index (χ0v) is 16.0. The van der Waals surface area contributed by atoms with Crippen molar-refractivity contribution in [3.05, 3.63) is 65.7 Å². The molecule has 0 spiro atoms. The van der Waals surface area contributed by atoms with Crippen LogP contribution in [0, 0.1) is 0 Å². The van der Waals surface area contributed by atoms with Crippen LogP contribution in [0.3, 0.4) is 0 Å². The van der Waals surface area contributed by atoms with Crippen LogP contribution in [0.2, 0.25) is 0 Å². The second kappa shape index (κ2) is 10.2. The number of nitrogens with one attached hydrogen (secondary N) is 1. The van der Waals surface area contributed by atoms with Gasteiger partial charge in [0.2, 0.25) is 0 Å². The number of carbonyl (C=O) groups excluding carboxylic acids is 1. The minimum Gasteiger partial charge on any atom is -0.488 e. The Morgan fingerprint density at radius 2 is 1.85 bits per heavy atom. The molecular formula is C21H27ClN2O2. The van der Waals surface area contributed by atoms with Crippen molar-refractivity contribution in [2.45, 2.75) is 25.4 Å². The van der Waals surface area contributed by atoms with E-state index in [1.807, 2.05) is 42.5 Å². The molecule has 5 heteroatoms. The van der Waals surface area contributed by atoms with Gasteiger partial charge in [-0.25, -0.2) is 0 Å². The summed E-state index contributed by atoms with van der Waals surface area (Å²) in [6.07, 6.45) is 3.29. The minimum absolute atomic E-state index is 0. The van der Waals surface area contributed by atoms with E-state index in [0.717, 1.165) is 43.7 Å². The number of likely N-dealkylation sites (N-methyl/N-ethyl adjacent to an activating group) is 1. The van der Waals surface area contributed by atoms with E-state index in [9.17, 15) is 4.79 Å². The lowest BCUT2D eigenvalue weighted by atomic mass is 10.1. The molecule has 0 aliphatic carbocycles. The summed E-state index contributed by atoms with van der Waals surface area (Å²) in [5.41, 5.74) is 2.03. The number of hydrogen-bond acceptors (Lipinski definition) is 3. The molecule has 0 saturated carbocycles. The van der Waals surface area contributed by atoms with E-state index < -0.39 is 0 Å². The molecule has 1 aliphatic rings. The molecule has 4 nitrogen and oxygen atoms in total. The molecule has 0 unspecified atom stereocenters. The summed E-state index contributed by atoms with van der Waals surface area (Å²) in [4.78, 5) is 14.3. The van der Waals surface area contributed by atoms with Crippen molar-refractivity contribution in [1.29, 1.82) is 0 Å². The predicted molar refractivity (Wildman–Crippen MR) is 107 cm³/mol. The lowest BCUT2D eigenvalue weighted by Gasteiger charge is -2.20. The van der Waals surface area contributed by atoms with Crippen LogP contribution in [0.4, 0.5) is 0 Å². The Morgan fingerprint density at radius 1 is 1.12 bits per heavy atom. The van der Waals surface area contributed by atoms with Gasteiger partial charge >= 0.3 is 0 Å². The van der Waals surface area contributed by atoms with Crippen LogP contribution in [0.1, 0.15) is 28.8 Å². The van der Waals surface area contributed by atoms with E-state index in [1.165, 1.54) is 5.56 Å². The van der Waals surface area contributed by atoms with Gasteiger partial charge < -0.3 is 15.0 Å². The predicted octanol–water partition coefficient (Wildman–Crippen LogP) is 3.55. The number of para-hydroxylation sites is 1. The first-order valence-electron chi connectivity index (χ1n) is 8.99. The first-order valence-corrected chi connectivity index (χ1v) is 8.99. The van der Waals surface area contributed by atoms with Crippen molar-refractivity contribution in [2.24, 2.45) is 0 Å². The zero-order chi connectivity index (χ0) is 17.5. The highest BCUT2D eigenvalue weighted by Gasteiger charge is 2.23. The summed E-state index contributed by atoms with van der Waals surface area (Å²) < 4.78 is 5.99. The molecule has 1 atom stereocenters. The molecule has 1 aliphatic heterocycles. The SMILES string of the molecule is CN(CCCCNC(=O)c1ccccc1)C[C@H]1Cc2ccccc2O1.Cl. The van der Waals surface area contributed by atoms with Crippen LogP contribution in [-0.2, 0) is 6.42 Å². The Balaban J connectivity index is 0.00000243. The molecule has 0 bridgehead atoms. The Bertz CT molecular complexity index is 668. The Labute approximate surface area is 162 Å². The third-order valence-corrected chi connectivity index (χ3v) is 4.52. The first kappa shape index (κ1) is 20.3. The standard InChI is InChI=1S/C21H26N2O2.ClH/c1-23(16-19-15-18-11-5-6-12-20(18)25-19)14-8-7-13-22-21(24)17-9-3-2-4-10-17;/h2-6,9-12,19H,7-8,13-16H2,1H3,(H,22,24);1H/t19-;/m1./s1. The fraction of sp³-hybridized carbons (Fsp3) is 0.381. The number of carbonyl (C=O) groups is 1. The van der Waals surface area contributed by atoms with Gasteiger partial charge in [-0.2, -0.15) is 0 Å². The van der Waals surface area contributed by atoms with Gasteiger partial charge in [-0.05, 0) is 50.2 Å². The van der Waals surface area contributed by atoms with Crippen LogP contribution in [0.5, 0.6) is 5.75 Å². The maximum atomic E-state index is 11.9. The van der Waals surface area contributed by atoms with Gasteiger partial charge in [0, 0.05) is 25.1 Å². The molecule has 2 aromatic rings. The summed E-state index contributed by atoms with van der Waals surface area (Å²) in [6.45, 7) is 2.66. The number of halogens is 1. The largest absolute Gasteiger partial charge is 0.488 e. The summed E-state index contributed by atoms with van der Waals surface area (Å²) >= 11 is 0. The van der Waals surface area contributed by atoms with Crippen molar-refractivity contribution >= 4 is 18.3 Å². The molecule has 3 rings (SSSR count). The van der Waals surface area contributed by atoms with Crippen LogP contribution in [0.25, 0.3) is 0 Å². The normalized spacial score (nSPS) is 15.1. The number of unbranched alkanes of at least 4 members (excludes halogenated alkanes) is 1. The molecule has 140 valence electrons. The summed E-state index contributed by atoms with van der Waals surface area (Å²) in [7, 11) is 2.13. The fourth-order valence-corrected chi connectivity index (χ4v) is 3.19. The van der Waals surface area contributed by atoms with Gasteiger partial charge in [-0.1, -0.05) is 36.4 Å². The average molecular weight is 375 g/mol. The van der Waals surface area contributed by atoms with Crippen LogP contribution >= 0.6 is 12.4 Å². The molecule has 0 radical (unpaired) electrons. The highest BCUT2D eigenvalue weighted by atomic mass is 35.5. The number of ether oxygens (including phenoxy) is 1. The molecule has 1 heterocycles. The third-order valence-electron chi connectivity index (χ3n) is 4.52. The Kier molecular flexibility index (Phi) is 7.95. The molecule has 1 N–H and O–H groups in total. The van der Waals surface area contributed by atoms with Gasteiger partial charge in [-0.15, -0.1) is 12.4 Å². The van der Waals surface area contributed by atoms with Gasteiger partial charge in [0.15, 0.2) is 0 Å². The van der Waals surface area contributed by atoms with Gasteiger partial charge in [-0.3, -0.25) is 4.79 Å². The number of benzene rings is 2. The average Bonchev–Trinajstić information content (AvgIpc) is 3.04. The lowest BCUT2D eigenvalue weighted by molar-refractivity contribution is 0.0952. The van der Waals surface area contributed by atoms with E-state index in [0.29, 0.717) is 6.54 Å². The van der Waals surface area contributed by atoms with E-state index in [4.69, 9.17) is 4.74 Å². The Hall–Kier alpha value is -2.04. The molecule has 0 aromatic heterocycles. The molecule has 0 fully saturated rings. The highest BCUT2D eigenvalue weighted by molar-refractivity contribution is 5.94. The molecule has 26 heavy (non-hydrogen) atoms. The highest BCUT2D eigenvalue weighted by Crippen LogP contribution is 2.28. The first-order chi connectivity index (χ1) is 12.2. The lowest BCUT2D eigenvalue weighted by Crippen LogP contribution is -2.33. The third kappa shape index (κ3) is 5.75. The quantitative estimate of drug-likeness (QED) is 0.718. The molecule has 0 saturated heterocycles. The van der Waals surface area contributed by atoms with Crippen molar-refractivity contribution < 1.29 is 9.53 Å². The fourth-order valence-electron chi connectivity index (χ4n) is 3.19. The summed E-state index contributed by atoms with van der Waals surface area (Å²) in [5.74, 6) is 1.04. The maximum Gasteiger partial charge on any atom is 0.251 e. The van der Waals surface area contributed by atoms with Crippen LogP contribution < -0.4 is 10.1 Å². The van der Waals surface area contributed by atoms with Crippen molar-refractivity contribution in [2.75, 3.05) is 26.7 Å². The van der Waals surface area contributed by atoms with E-state index in [1.54, 1.807) is 0 Å². The number of fused-ring (bicyclic) bond motifs is 1. The summed E-state index contributed by atoms with van der Waals surface area (Å²) in [5, 5.41) is 2.98. The number of hydrogen-bond donors (Lipinski definition) is 1. The van der Waals surface area contributed by atoms with Crippen LogP contribution in [0.15, 0.2) is 54.6 Å². The van der Waals surface area contributed by atoms with Gasteiger partial charge in [0.25, 0.3) is 5.91 Å². The van der Waals surface area contributed by atoms with E-state index in [2.05, 4.69) is 29.4 Å². The smallest absolute Gasteiger partial charge is 0.251 e. The summed E-state index contributed by atoms with van der Waals surface area (Å²) in [6, 6.07) is 17.6. The minimum atomic E-state index is 0. The zero-order valence-electron chi connectivity index (χ0n) is 15.2. The van der Waals surface area contributed by atoms with Crippen molar-refractivity contribution in [1.82, 2.24) is 10.2 Å². The topological polar surface area (TPSA) is 41.6 Å². The maximum absolute atomic E-state index is 11.9. The van der Waals surface area contributed by atoms with E-state index in [-0.39, 0.29) is 24.4 Å². The van der Waals surface area contributed by atoms with Crippen molar-refractivity contribution in [3.8, 4) is 5.75 Å². The van der Waals surface area contributed by atoms with Crippen molar-refractivity contribution in [3.63, 3.8) is 0 Å². The van der Waals surface area contributed by atoms with Crippen LogP contribution in [-0.4, -0.2) is 43.6 Å². The number of nitrogens with zero attached hydrogens (tertiary/aromatic N) is 1. The monoisotopic (exact) mass is 374 g/mol. The van der Waals surface area contributed by atoms with E-state index >= 15 is 0 Å². The second-order valence-electron chi connectivity index (χ2n) is 6.64. The molecule has 2 aromatic carbocycles. The molecular weight excluding hydrogens is 348 g/mol. The Morgan fingerprint density at radius 3 is 2.62 bits per heavy atom. The van der Waals surface area contributed by atoms with Gasteiger partial charge in [0.1, 0.15) is 11.9 Å².